The van der Waals surface area contributed by atoms with Gasteiger partial charge in [-0.15, -0.1) is 0 Å². The van der Waals surface area contributed by atoms with Gasteiger partial charge < -0.3 is 5.32 Å². The number of rotatable bonds is 6. The third-order valence-corrected chi connectivity index (χ3v) is 2.81. The molecule has 17 heavy (non-hydrogen) atoms. The smallest absolute Gasteiger partial charge is 0.0403 e. The first-order chi connectivity index (χ1) is 8.01. The number of pyridine rings is 1. The maximum Gasteiger partial charge on any atom is 0.0403 e. The van der Waals surface area contributed by atoms with E-state index >= 15 is 0 Å². The SMILES string of the molecule is CCc1ccc(CCCCNC(C)(C)C)nc1. The van der Waals surface area contributed by atoms with E-state index < -0.39 is 0 Å². The van der Waals surface area contributed by atoms with Crippen molar-refractivity contribution < 1.29 is 0 Å². The van der Waals surface area contributed by atoms with E-state index in [9.17, 15) is 0 Å². The molecule has 1 N–H and O–H groups in total. The molecule has 96 valence electrons. The highest BCUT2D eigenvalue weighted by Gasteiger charge is 2.06. The number of nitrogens with zero attached hydrogens (tertiary/aromatic N) is 1. The van der Waals surface area contributed by atoms with Crippen LogP contribution in [0.5, 0.6) is 0 Å². The van der Waals surface area contributed by atoms with Gasteiger partial charge in [-0.3, -0.25) is 4.98 Å². The van der Waals surface area contributed by atoms with Crippen molar-refractivity contribution in [2.75, 3.05) is 6.54 Å². The van der Waals surface area contributed by atoms with Gasteiger partial charge in [0.2, 0.25) is 0 Å². The van der Waals surface area contributed by atoms with Crippen molar-refractivity contribution in [2.45, 2.75) is 58.9 Å². The van der Waals surface area contributed by atoms with E-state index in [4.69, 9.17) is 0 Å². The number of aryl methyl sites for hydroxylation is 2. The zero-order valence-corrected chi connectivity index (χ0v) is 11.7. The Morgan fingerprint density at radius 2 is 1.94 bits per heavy atom. The van der Waals surface area contributed by atoms with Crippen LogP contribution in [0.25, 0.3) is 0 Å². The van der Waals surface area contributed by atoms with Gasteiger partial charge in [0.05, 0.1) is 0 Å². The van der Waals surface area contributed by atoms with E-state index in [1.807, 2.05) is 6.20 Å². The quantitative estimate of drug-likeness (QED) is 0.763. The zero-order chi connectivity index (χ0) is 12.7. The largest absolute Gasteiger partial charge is 0.312 e. The van der Waals surface area contributed by atoms with Gasteiger partial charge in [0, 0.05) is 17.4 Å². The fourth-order valence-corrected chi connectivity index (χ4v) is 1.71. The molecule has 0 amide bonds. The lowest BCUT2D eigenvalue weighted by atomic mass is 10.1. The molecule has 0 atom stereocenters. The van der Waals surface area contributed by atoms with E-state index in [0.29, 0.717) is 0 Å². The van der Waals surface area contributed by atoms with Crippen molar-refractivity contribution in [3.05, 3.63) is 29.6 Å². The molecule has 0 bridgehead atoms. The Balaban J connectivity index is 2.18. The summed E-state index contributed by atoms with van der Waals surface area (Å²) in [4.78, 5) is 4.48. The predicted molar refractivity (Wildman–Crippen MR) is 74.3 cm³/mol. The molecule has 0 fully saturated rings. The fourth-order valence-electron chi connectivity index (χ4n) is 1.71. The molecule has 0 unspecified atom stereocenters. The van der Waals surface area contributed by atoms with Crippen molar-refractivity contribution >= 4 is 0 Å². The summed E-state index contributed by atoms with van der Waals surface area (Å²) in [6.07, 6.45) is 6.59. The molecular weight excluding hydrogens is 208 g/mol. The topological polar surface area (TPSA) is 24.9 Å². The molecule has 0 saturated heterocycles. The molecule has 0 aliphatic rings. The Morgan fingerprint density at radius 3 is 2.47 bits per heavy atom. The molecule has 1 aromatic rings. The molecule has 1 heterocycles. The lowest BCUT2D eigenvalue weighted by molar-refractivity contribution is 0.418. The number of aromatic nitrogens is 1. The summed E-state index contributed by atoms with van der Waals surface area (Å²) in [5.74, 6) is 0. The van der Waals surface area contributed by atoms with Crippen LogP contribution in [-0.4, -0.2) is 17.1 Å². The van der Waals surface area contributed by atoms with E-state index in [0.717, 1.165) is 19.4 Å². The minimum absolute atomic E-state index is 0.237. The second-order valence-electron chi connectivity index (χ2n) is 5.65. The monoisotopic (exact) mass is 234 g/mol. The van der Waals surface area contributed by atoms with E-state index in [-0.39, 0.29) is 5.54 Å². The van der Waals surface area contributed by atoms with Crippen LogP contribution in [0.2, 0.25) is 0 Å². The average molecular weight is 234 g/mol. The van der Waals surface area contributed by atoms with Gasteiger partial charge in [-0.25, -0.2) is 0 Å². The van der Waals surface area contributed by atoms with Crippen molar-refractivity contribution in [1.29, 1.82) is 0 Å². The molecule has 0 radical (unpaired) electrons. The summed E-state index contributed by atoms with van der Waals surface area (Å²) < 4.78 is 0. The van der Waals surface area contributed by atoms with Crippen LogP contribution in [0, 0.1) is 0 Å². The third kappa shape index (κ3) is 6.42. The van der Waals surface area contributed by atoms with Crippen molar-refractivity contribution in [1.82, 2.24) is 10.3 Å². The number of nitrogens with one attached hydrogen (secondary N) is 1. The van der Waals surface area contributed by atoms with E-state index in [2.05, 4.69) is 50.1 Å². The van der Waals surface area contributed by atoms with Gasteiger partial charge in [0.25, 0.3) is 0 Å². The van der Waals surface area contributed by atoms with Gasteiger partial charge in [0.15, 0.2) is 0 Å². The lowest BCUT2D eigenvalue weighted by Gasteiger charge is -2.20. The third-order valence-electron chi connectivity index (χ3n) is 2.81. The van der Waals surface area contributed by atoms with E-state index in [1.54, 1.807) is 0 Å². The maximum atomic E-state index is 4.48. The summed E-state index contributed by atoms with van der Waals surface area (Å²) >= 11 is 0. The van der Waals surface area contributed by atoms with Crippen LogP contribution in [0.4, 0.5) is 0 Å². The highest BCUT2D eigenvalue weighted by atomic mass is 14.9. The number of unbranched alkanes of at least 4 members (excludes halogenated alkanes) is 1. The predicted octanol–water partition coefficient (Wildman–Crippen LogP) is 3.35. The summed E-state index contributed by atoms with van der Waals surface area (Å²) in [5, 5.41) is 3.51. The summed E-state index contributed by atoms with van der Waals surface area (Å²) in [6, 6.07) is 4.35. The summed E-state index contributed by atoms with van der Waals surface area (Å²) in [5.41, 5.74) is 2.78. The zero-order valence-electron chi connectivity index (χ0n) is 11.7. The number of hydrogen-bond acceptors (Lipinski definition) is 2. The molecule has 0 aromatic carbocycles. The molecule has 1 aromatic heterocycles. The standard InChI is InChI=1S/C15H26N2/c1-5-13-9-10-14(16-12-13)8-6-7-11-17-15(2,3)4/h9-10,12,17H,5-8,11H2,1-4H3. The second kappa shape index (κ2) is 6.75. The average Bonchev–Trinajstić information content (AvgIpc) is 2.28. The van der Waals surface area contributed by atoms with Gasteiger partial charge in [0.1, 0.15) is 0 Å². The Kier molecular flexibility index (Phi) is 5.63. The van der Waals surface area contributed by atoms with Gasteiger partial charge in [-0.05, 0) is 64.6 Å². The lowest BCUT2D eigenvalue weighted by Crippen LogP contribution is -2.36. The normalized spacial score (nSPS) is 11.8. The van der Waals surface area contributed by atoms with Gasteiger partial charge in [-0.2, -0.15) is 0 Å². The molecule has 2 heteroatoms. The first kappa shape index (κ1) is 14.2. The second-order valence-corrected chi connectivity index (χ2v) is 5.65. The van der Waals surface area contributed by atoms with Crippen LogP contribution in [0.1, 0.15) is 51.8 Å². The number of hydrogen-bond donors (Lipinski definition) is 1. The molecule has 0 saturated carbocycles. The molecule has 0 spiro atoms. The van der Waals surface area contributed by atoms with Crippen LogP contribution in [0.15, 0.2) is 18.3 Å². The minimum atomic E-state index is 0.237. The highest BCUT2D eigenvalue weighted by molar-refractivity contribution is 5.13. The van der Waals surface area contributed by atoms with Crippen molar-refractivity contribution in [3.8, 4) is 0 Å². The molecule has 0 aliphatic carbocycles. The van der Waals surface area contributed by atoms with Gasteiger partial charge >= 0.3 is 0 Å². The van der Waals surface area contributed by atoms with Crippen LogP contribution >= 0.6 is 0 Å². The fraction of sp³-hybridized carbons (Fsp3) is 0.667. The van der Waals surface area contributed by atoms with Crippen molar-refractivity contribution in [2.24, 2.45) is 0 Å². The summed E-state index contributed by atoms with van der Waals surface area (Å²) in [6.45, 7) is 9.87. The summed E-state index contributed by atoms with van der Waals surface area (Å²) in [7, 11) is 0. The minimum Gasteiger partial charge on any atom is -0.312 e. The Hall–Kier alpha value is -0.890. The first-order valence-corrected chi connectivity index (χ1v) is 6.70. The highest BCUT2D eigenvalue weighted by Crippen LogP contribution is 2.05. The van der Waals surface area contributed by atoms with Crippen LogP contribution < -0.4 is 5.32 Å². The Bertz CT molecular complexity index is 309. The van der Waals surface area contributed by atoms with Crippen LogP contribution in [-0.2, 0) is 12.8 Å². The van der Waals surface area contributed by atoms with Gasteiger partial charge in [-0.1, -0.05) is 13.0 Å². The molecule has 1 rings (SSSR count). The molecule has 0 aliphatic heterocycles. The Morgan fingerprint density at radius 1 is 1.18 bits per heavy atom. The molecular formula is C15H26N2. The van der Waals surface area contributed by atoms with Crippen LogP contribution in [0.3, 0.4) is 0 Å². The van der Waals surface area contributed by atoms with E-state index in [1.165, 1.54) is 24.1 Å². The molecule has 2 nitrogen and oxygen atoms in total. The van der Waals surface area contributed by atoms with Crippen molar-refractivity contribution in [3.63, 3.8) is 0 Å². The first-order valence-electron chi connectivity index (χ1n) is 6.70. The Labute approximate surface area is 106 Å². The maximum absolute atomic E-state index is 4.48.